The Bertz CT molecular complexity index is 976. The van der Waals surface area contributed by atoms with Crippen molar-refractivity contribution in [2.45, 2.75) is 12.5 Å². The van der Waals surface area contributed by atoms with Crippen molar-refractivity contribution in [1.82, 2.24) is 5.32 Å². The first kappa shape index (κ1) is 16.0. The van der Waals surface area contributed by atoms with E-state index in [1.54, 1.807) is 0 Å². The van der Waals surface area contributed by atoms with Gasteiger partial charge in [-0.1, -0.05) is 60.7 Å². The molecule has 2 aromatic rings. The molecule has 0 aromatic heterocycles. The van der Waals surface area contributed by atoms with Crippen LogP contribution in [0.2, 0.25) is 0 Å². The number of aliphatic imine (C=N–C) groups is 1. The van der Waals surface area contributed by atoms with Gasteiger partial charge < -0.3 is 10.1 Å². The molecule has 0 radical (unpaired) electrons. The molecule has 1 unspecified atom stereocenters. The van der Waals surface area contributed by atoms with Crippen LogP contribution in [0.15, 0.2) is 83.3 Å². The summed E-state index contributed by atoms with van der Waals surface area (Å²) in [6, 6.07) is 18.6. The molecule has 0 spiro atoms. The maximum atomic E-state index is 12.4. The highest BCUT2D eigenvalue weighted by atomic mass is 16.6. The Balaban J connectivity index is 1.82. The lowest BCUT2D eigenvalue weighted by Gasteiger charge is -2.15. The van der Waals surface area contributed by atoms with Gasteiger partial charge in [0.2, 0.25) is 0 Å². The molecule has 2 aliphatic heterocycles. The molecule has 1 N–H and O–H groups in total. The van der Waals surface area contributed by atoms with E-state index in [9.17, 15) is 14.9 Å². The second-order valence-corrected chi connectivity index (χ2v) is 6.11. The zero-order valence-electron chi connectivity index (χ0n) is 13.8. The summed E-state index contributed by atoms with van der Waals surface area (Å²) in [5.41, 5.74) is 3.95. The summed E-state index contributed by atoms with van der Waals surface area (Å²) in [6.07, 6.45) is 1.57. The summed E-state index contributed by atoms with van der Waals surface area (Å²) in [5.74, 6) is -0.687. The van der Waals surface area contributed by atoms with Crippen molar-refractivity contribution in [2.75, 3.05) is 0 Å². The zero-order chi connectivity index (χ0) is 18.1. The van der Waals surface area contributed by atoms with E-state index in [0.717, 1.165) is 28.5 Å². The average Bonchev–Trinajstić information content (AvgIpc) is 3.01. The van der Waals surface area contributed by atoms with E-state index < -0.39 is 11.0 Å². The van der Waals surface area contributed by atoms with E-state index in [-0.39, 0.29) is 11.6 Å². The molecular formula is C20H15N3O3. The Morgan fingerprint density at radius 3 is 2.35 bits per heavy atom. The third kappa shape index (κ3) is 2.82. The highest BCUT2D eigenvalue weighted by Crippen LogP contribution is 2.33. The molecule has 1 atom stereocenters. The van der Waals surface area contributed by atoms with Crippen LogP contribution in [-0.4, -0.2) is 22.5 Å². The van der Waals surface area contributed by atoms with E-state index >= 15 is 0 Å². The molecule has 0 saturated carbocycles. The number of carbonyl (C=O) groups is 1. The summed E-state index contributed by atoms with van der Waals surface area (Å²) in [4.78, 5) is 27.6. The first-order valence-electron chi connectivity index (χ1n) is 8.21. The van der Waals surface area contributed by atoms with Gasteiger partial charge in [0.15, 0.2) is 11.8 Å². The van der Waals surface area contributed by atoms with Crippen LogP contribution in [-0.2, 0) is 11.2 Å². The first-order chi connectivity index (χ1) is 12.6. The number of allylic oxidation sites excluding steroid dienone is 1. The fraction of sp³-hybridized carbons (Fsp3) is 0.100. The van der Waals surface area contributed by atoms with E-state index in [2.05, 4.69) is 10.3 Å². The van der Waals surface area contributed by atoms with Gasteiger partial charge in [0, 0.05) is 12.0 Å². The largest absolute Gasteiger partial charge is 0.358 e. The van der Waals surface area contributed by atoms with E-state index in [1.165, 1.54) is 0 Å². The molecule has 6 nitrogen and oxygen atoms in total. The number of nitrogens with zero attached hydrogens (tertiary/aromatic N) is 2. The monoisotopic (exact) mass is 345 g/mol. The van der Waals surface area contributed by atoms with Crippen molar-refractivity contribution < 1.29 is 9.72 Å². The number of ketones is 1. The van der Waals surface area contributed by atoms with E-state index in [1.807, 2.05) is 60.7 Å². The predicted molar refractivity (Wildman–Crippen MR) is 98.0 cm³/mol. The summed E-state index contributed by atoms with van der Waals surface area (Å²) in [7, 11) is 0. The van der Waals surface area contributed by atoms with Crippen molar-refractivity contribution in [3.8, 4) is 0 Å². The summed E-state index contributed by atoms with van der Waals surface area (Å²) >= 11 is 0. The Morgan fingerprint density at radius 2 is 1.69 bits per heavy atom. The number of carbonyl (C=O) groups excluding carboxylic acids is 1. The SMILES string of the molecule is O=C1C=C([N+](=O)[O-])NC2=C(c3ccccc3)C(Cc3ccccc3)=NC12. The van der Waals surface area contributed by atoms with Crippen LogP contribution in [0.1, 0.15) is 11.1 Å². The summed E-state index contributed by atoms with van der Waals surface area (Å²) < 4.78 is 0. The highest BCUT2D eigenvalue weighted by molar-refractivity contribution is 6.29. The fourth-order valence-corrected chi connectivity index (χ4v) is 3.25. The number of benzene rings is 2. The van der Waals surface area contributed by atoms with Gasteiger partial charge in [-0.05, 0) is 16.1 Å². The Kier molecular flexibility index (Phi) is 3.93. The van der Waals surface area contributed by atoms with Crippen LogP contribution in [0.3, 0.4) is 0 Å². The van der Waals surface area contributed by atoms with E-state index in [4.69, 9.17) is 0 Å². The van der Waals surface area contributed by atoms with Crippen LogP contribution < -0.4 is 5.32 Å². The number of nitrogens with one attached hydrogen (secondary N) is 1. The second kappa shape index (κ2) is 6.40. The van der Waals surface area contributed by atoms with Gasteiger partial charge in [0.1, 0.15) is 5.70 Å². The molecule has 128 valence electrons. The van der Waals surface area contributed by atoms with Crippen LogP contribution >= 0.6 is 0 Å². The van der Waals surface area contributed by atoms with Gasteiger partial charge in [0.25, 0.3) is 0 Å². The quantitative estimate of drug-likeness (QED) is 0.682. The third-order valence-corrected chi connectivity index (χ3v) is 4.40. The number of fused-ring (bicyclic) bond motifs is 1. The number of rotatable bonds is 4. The van der Waals surface area contributed by atoms with Crippen LogP contribution in [0.4, 0.5) is 0 Å². The number of hydrogen-bond donors (Lipinski definition) is 1. The van der Waals surface area contributed by atoms with Crippen LogP contribution in [0, 0.1) is 10.1 Å². The molecule has 26 heavy (non-hydrogen) atoms. The molecule has 2 heterocycles. The third-order valence-electron chi connectivity index (χ3n) is 4.40. The summed E-state index contributed by atoms with van der Waals surface area (Å²) in [6.45, 7) is 0. The molecule has 4 rings (SSSR count). The van der Waals surface area contributed by atoms with E-state index in [0.29, 0.717) is 12.1 Å². The van der Waals surface area contributed by atoms with Gasteiger partial charge in [-0.25, -0.2) is 5.32 Å². The summed E-state index contributed by atoms with van der Waals surface area (Å²) in [5, 5.41) is 14.0. The number of hydrogen-bond acceptors (Lipinski definition) is 5. The van der Waals surface area contributed by atoms with Gasteiger partial charge in [-0.2, -0.15) is 0 Å². The molecule has 0 saturated heterocycles. The smallest absolute Gasteiger partial charge is 0.324 e. The molecule has 2 aromatic carbocycles. The van der Waals surface area contributed by atoms with Crippen molar-refractivity contribution in [1.29, 1.82) is 0 Å². The fourth-order valence-electron chi connectivity index (χ4n) is 3.25. The minimum Gasteiger partial charge on any atom is -0.358 e. The minimum atomic E-state index is -0.743. The van der Waals surface area contributed by atoms with Crippen LogP contribution in [0.25, 0.3) is 5.57 Å². The zero-order valence-corrected chi connectivity index (χ0v) is 13.8. The Labute approximate surface area is 149 Å². The van der Waals surface area contributed by atoms with Crippen molar-refractivity contribution in [2.24, 2.45) is 4.99 Å². The topological polar surface area (TPSA) is 84.6 Å². The second-order valence-electron chi connectivity index (χ2n) is 6.11. The lowest BCUT2D eigenvalue weighted by atomic mass is 9.94. The van der Waals surface area contributed by atoms with Crippen molar-refractivity contribution in [3.63, 3.8) is 0 Å². The van der Waals surface area contributed by atoms with Gasteiger partial charge >= 0.3 is 5.82 Å². The molecular weight excluding hydrogens is 330 g/mol. The lowest BCUT2D eigenvalue weighted by molar-refractivity contribution is -0.431. The molecule has 0 aliphatic carbocycles. The minimum absolute atomic E-state index is 0.314. The number of nitro groups is 1. The average molecular weight is 345 g/mol. The Hall–Kier alpha value is -3.54. The predicted octanol–water partition coefficient (Wildman–Crippen LogP) is 2.75. The highest BCUT2D eigenvalue weighted by Gasteiger charge is 2.40. The molecule has 0 fully saturated rings. The van der Waals surface area contributed by atoms with Crippen molar-refractivity contribution in [3.05, 3.63) is 99.5 Å². The Morgan fingerprint density at radius 1 is 1.04 bits per heavy atom. The molecule has 0 bridgehead atoms. The standard InChI is InChI=1S/C20H15N3O3/c24-16-12-17(23(25)26)22-20-18(14-9-5-2-6-10-14)15(21-19(16)20)11-13-7-3-1-4-8-13/h1-10,12,19,22H,11H2. The first-order valence-corrected chi connectivity index (χ1v) is 8.21. The maximum absolute atomic E-state index is 12.4. The van der Waals surface area contributed by atoms with Gasteiger partial charge in [0.05, 0.1) is 11.8 Å². The lowest BCUT2D eigenvalue weighted by Crippen LogP contribution is -2.35. The molecule has 0 amide bonds. The maximum Gasteiger partial charge on any atom is 0.324 e. The van der Waals surface area contributed by atoms with Gasteiger partial charge in [-0.3, -0.25) is 9.79 Å². The normalized spacial score (nSPS) is 18.8. The van der Waals surface area contributed by atoms with Gasteiger partial charge in [-0.15, -0.1) is 0 Å². The molecule has 2 aliphatic rings. The van der Waals surface area contributed by atoms with Crippen LogP contribution in [0.5, 0.6) is 0 Å². The molecule has 6 heteroatoms. The van der Waals surface area contributed by atoms with Crippen molar-refractivity contribution >= 4 is 17.1 Å².